The first-order valence-corrected chi connectivity index (χ1v) is 6.89. The second-order valence-electron chi connectivity index (χ2n) is 5.44. The van der Waals surface area contributed by atoms with Crippen molar-refractivity contribution in [2.45, 2.75) is 38.3 Å². The van der Waals surface area contributed by atoms with Gasteiger partial charge in [-0.05, 0) is 55.2 Å². The Morgan fingerprint density at radius 2 is 1.88 bits per heavy atom. The summed E-state index contributed by atoms with van der Waals surface area (Å²) in [5.41, 5.74) is 7.60. The first-order chi connectivity index (χ1) is 8.24. The Morgan fingerprint density at radius 3 is 2.41 bits per heavy atom. The Kier molecular flexibility index (Phi) is 3.01. The SMILES string of the molecule is Nc1ccc(CNC(C2CC2)C2CC2)cc1Cl. The van der Waals surface area contributed by atoms with Gasteiger partial charge >= 0.3 is 0 Å². The van der Waals surface area contributed by atoms with E-state index >= 15 is 0 Å². The normalized spacial score (nSPS) is 19.9. The van der Waals surface area contributed by atoms with Crippen LogP contribution in [-0.4, -0.2) is 6.04 Å². The average molecular weight is 251 g/mol. The predicted octanol–water partition coefficient (Wildman–Crippen LogP) is 3.20. The molecule has 1 aromatic carbocycles. The minimum Gasteiger partial charge on any atom is -0.398 e. The number of halogens is 1. The van der Waals surface area contributed by atoms with Crippen LogP contribution in [0.1, 0.15) is 31.2 Å². The monoisotopic (exact) mass is 250 g/mol. The van der Waals surface area contributed by atoms with E-state index in [-0.39, 0.29) is 0 Å². The van der Waals surface area contributed by atoms with Crippen LogP contribution in [0.15, 0.2) is 18.2 Å². The number of nitrogen functional groups attached to an aromatic ring is 1. The first-order valence-electron chi connectivity index (χ1n) is 6.51. The van der Waals surface area contributed by atoms with Gasteiger partial charge < -0.3 is 11.1 Å². The van der Waals surface area contributed by atoms with Gasteiger partial charge in [-0.15, -0.1) is 0 Å². The van der Waals surface area contributed by atoms with Gasteiger partial charge in [0, 0.05) is 12.6 Å². The Balaban J connectivity index is 1.60. The zero-order valence-electron chi connectivity index (χ0n) is 9.95. The Labute approximate surface area is 108 Å². The lowest BCUT2D eigenvalue weighted by atomic mass is 10.1. The molecule has 0 bridgehead atoms. The Bertz CT molecular complexity index is 399. The molecule has 3 N–H and O–H groups in total. The summed E-state index contributed by atoms with van der Waals surface area (Å²) in [6.07, 6.45) is 5.65. The molecular weight excluding hydrogens is 232 g/mol. The zero-order valence-corrected chi connectivity index (χ0v) is 10.7. The molecular formula is C14H19ClN2. The molecule has 92 valence electrons. The number of nitrogens with two attached hydrogens (primary N) is 1. The molecule has 0 atom stereocenters. The van der Waals surface area contributed by atoms with Crippen LogP contribution in [0, 0.1) is 11.8 Å². The molecule has 0 aliphatic heterocycles. The number of nitrogens with one attached hydrogen (secondary N) is 1. The molecule has 0 amide bonds. The van der Waals surface area contributed by atoms with E-state index in [1.54, 1.807) is 0 Å². The van der Waals surface area contributed by atoms with E-state index in [1.165, 1.54) is 31.2 Å². The minimum atomic E-state index is 0.663. The van der Waals surface area contributed by atoms with Gasteiger partial charge in [0.2, 0.25) is 0 Å². The maximum absolute atomic E-state index is 6.03. The van der Waals surface area contributed by atoms with E-state index in [0.29, 0.717) is 10.7 Å². The molecule has 0 saturated heterocycles. The summed E-state index contributed by atoms with van der Waals surface area (Å²) < 4.78 is 0. The van der Waals surface area contributed by atoms with E-state index in [4.69, 9.17) is 17.3 Å². The van der Waals surface area contributed by atoms with Crippen LogP contribution in [0.5, 0.6) is 0 Å². The van der Waals surface area contributed by atoms with Crippen molar-refractivity contribution in [1.82, 2.24) is 5.32 Å². The molecule has 0 unspecified atom stereocenters. The second-order valence-corrected chi connectivity index (χ2v) is 5.84. The molecule has 3 heteroatoms. The lowest BCUT2D eigenvalue weighted by molar-refractivity contribution is 0.416. The molecule has 2 saturated carbocycles. The van der Waals surface area contributed by atoms with Crippen LogP contribution in [0.2, 0.25) is 5.02 Å². The van der Waals surface area contributed by atoms with Gasteiger partial charge in [0.1, 0.15) is 0 Å². The number of rotatable bonds is 5. The van der Waals surface area contributed by atoms with Gasteiger partial charge in [-0.25, -0.2) is 0 Å². The van der Waals surface area contributed by atoms with Crippen LogP contribution in [0.3, 0.4) is 0 Å². The van der Waals surface area contributed by atoms with Crippen LogP contribution in [-0.2, 0) is 6.54 Å². The van der Waals surface area contributed by atoms with Crippen molar-refractivity contribution in [2.75, 3.05) is 5.73 Å². The lowest BCUT2D eigenvalue weighted by Crippen LogP contribution is -2.32. The molecule has 3 rings (SSSR count). The minimum absolute atomic E-state index is 0.663. The molecule has 2 aliphatic rings. The number of anilines is 1. The molecule has 1 aromatic rings. The average Bonchev–Trinajstić information content (AvgIpc) is 3.14. The van der Waals surface area contributed by atoms with Crippen LogP contribution < -0.4 is 11.1 Å². The van der Waals surface area contributed by atoms with Gasteiger partial charge in [0.05, 0.1) is 10.7 Å². The lowest BCUT2D eigenvalue weighted by Gasteiger charge is -2.17. The van der Waals surface area contributed by atoms with Crippen molar-refractivity contribution in [2.24, 2.45) is 11.8 Å². The van der Waals surface area contributed by atoms with Crippen molar-refractivity contribution in [1.29, 1.82) is 0 Å². The molecule has 17 heavy (non-hydrogen) atoms. The van der Waals surface area contributed by atoms with Gasteiger partial charge in [-0.2, -0.15) is 0 Å². The number of hydrogen-bond acceptors (Lipinski definition) is 2. The van der Waals surface area contributed by atoms with Gasteiger partial charge in [-0.3, -0.25) is 0 Å². The maximum Gasteiger partial charge on any atom is 0.0638 e. The van der Waals surface area contributed by atoms with E-state index in [1.807, 2.05) is 12.1 Å². The van der Waals surface area contributed by atoms with Gasteiger partial charge in [-0.1, -0.05) is 17.7 Å². The third kappa shape index (κ3) is 2.75. The quantitative estimate of drug-likeness (QED) is 0.788. The molecule has 0 aromatic heterocycles. The highest BCUT2D eigenvalue weighted by Crippen LogP contribution is 2.44. The van der Waals surface area contributed by atoms with Crippen LogP contribution in [0.4, 0.5) is 5.69 Å². The topological polar surface area (TPSA) is 38.0 Å². The van der Waals surface area contributed by atoms with E-state index in [2.05, 4.69) is 11.4 Å². The fourth-order valence-electron chi connectivity index (χ4n) is 2.55. The highest BCUT2D eigenvalue weighted by atomic mass is 35.5. The van der Waals surface area contributed by atoms with Gasteiger partial charge in [0.25, 0.3) is 0 Å². The molecule has 0 radical (unpaired) electrons. The summed E-state index contributed by atoms with van der Waals surface area (Å²) in [6.45, 7) is 0.914. The Morgan fingerprint density at radius 1 is 1.24 bits per heavy atom. The molecule has 2 fully saturated rings. The van der Waals surface area contributed by atoms with Crippen molar-refractivity contribution in [3.8, 4) is 0 Å². The van der Waals surface area contributed by atoms with E-state index in [9.17, 15) is 0 Å². The fourth-order valence-corrected chi connectivity index (χ4v) is 2.75. The summed E-state index contributed by atoms with van der Waals surface area (Å²) in [5.74, 6) is 1.87. The Hall–Kier alpha value is -0.730. The summed E-state index contributed by atoms with van der Waals surface area (Å²) in [5, 5.41) is 4.37. The van der Waals surface area contributed by atoms with E-state index in [0.717, 1.165) is 24.4 Å². The summed E-state index contributed by atoms with van der Waals surface area (Å²) in [4.78, 5) is 0. The third-order valence-electron chi connectivity index (χ3n) is 3.87. The molecule has 0 heterocycles. The highest BCUT2D eigenvalue weighted by molar-refractivity contribution is 6.33. The fraction of sp³-hybridized carbons (Fsp3) is 0.571. The number of hydrogen-bond donors (Lipinski definition) is 2. The molecule has 2 aliphatic carbocycles. The van der Waals surface area contributed by atoms with E-state index < -0.39 is 0 Å². The predicted molar refractivity (Wildman–Crippen MR) is 71.9 cm³/mol. The molecule has 0 spiro atoms. The largest absolute Gasteiger partial charge is 0.398 e. The summed E-state index contributed by atoms with van der Waals surface area (Å²) >= 11 is 6.03. The standard InChI is InChI=1S/C14H19ClN2/c15-12-7-9(1-6-13(12)16)8-17-14(10-2-3-10)11-4-5-11/h1,6-7,10-11,14,17H,2-5,8,16H2. The highest BCUT2D eigenvalue weighted by Gasteiger charge is 2.40. The number of benzene rings is 1. The molecule has 2 nitrogen and oxygen atoms in total. The van der Waals surface area contributed by atoms with Crippen molar-refractivity contribution in [3.63, 3.8) is 0 Å². The smallest absolute Gasteiger partial charge is 0.0638 e. The van der Waals surface area contributed by atoms with Crippen molar-refractivity contribution >= 4 is 17.3 Å². The van der Waals surface area contributed by atoms with Gasteiger partial charge in [0.15, 0.2) is 0 Å². The van der Waals surface area contributed by atoms with Crippen LogP contribution in [0.25, 0.3) is 0 Å². The first kappa shape index (κ1) is 11.4. The zero-order chi connectivity index (χ0) is 11.8. The summed E-state index contributed by atoms with van der Waals surface area (Å²) in [7, 11) is 0. The maximum atomic E-state index is 6.03. The van der Waals surface area contributed by atoms with Crippen molar-refractivity contribution in [3.05, 3.63) is 28.8 Å². The third-order valence-corrected chi connectivity index (χ3v) is 4.19. The van der Waals surface area contributed by atoms with Crippen LogP contribution >= 0.6 is 11.6 Å². The summed E-state index contributed by atoms with van der Waals surface area (Å²) in [6, 6.07) is 6.67. The van der Waals surface area contributed by atoms with Crippen molar-refractivity contribution < 1.29 is 0 Å². The second kappa shape index (κ2) is 4.51.